The SMILES string of the molecule is COc1cccc(NC(=O)/C(C#N)=C\c2ccc(CN(Cc3ccccc3)S(=O)(=O)c3ccc(Cl)cc3)o2)c1. The van der Waals surface area contributed by atoms with Crippen LogP contribution >= 0.6 is 11.6 Å². The number of nitriles is 1. The molecule has 0 bridgehead atoms. The third kappa shape index (κ3) is 7.15. The number of anilines is 1. The van der Waals surface area contributed by atoms with Gasteiger partial charge in [0, 0.05) is 29.4 Å². The third-order valence-corrected chi connectivity index (χ3v) is 7.70. The Bertz CT molecular complexity index is 1630. The van der Waals surface area contributed by atoms with Gasteiger partial charge >= 0.3 is 0 Å². The van der Waals surface area contributed by atoms with Crippen molar-refractivity contribution in [2.75, 3.05) is 12.4 Å². The van der Waals surface area contributed by atoms with E-state index in [9.17, 15) is 18.5 Å². The fourth-order valence-electron chi connectivity index (χ4n) is 3.69. The molecule has 0 unspecified atom stereocenters. The Morgan fingerprint density at radius 2 is 1.77 bits per heavy atom. The van der Waals surface area contributed by atoms with E-state index in [1.165, 1.54) is 41.8 Å². The van der Waals surface area contributed by atoms with Crippen LogP contribution in [0.25, 0.3) is 6.08 Å². The number of amides is 1. The number of hydrogen-bond donors (Lipinski definition) is 1. The van der Waals surface area contributed by atoms with Crippen molar-refractivity contribution in [1.29, 1.82) is 5.26 Å². The normalized spacial score (nSPS) is 11.7. The number of carbonyl (C=O) groups is 1. The average Bonchev–Trinajstić information content (AvgIpc) is 3.39. The van der Waals surface area contributed by atoms with Gasteiger partial charge in [0.2, 0.25) is 10.0 Å². The fraction of sp³-hybridized carbons (Fsp3) is 0.103. The van der Waals surface area contributed by atoms with Gasteiger partial charge in [0.05, 0.1) is 18.6 Å². The van der Waals surface area contributed by atoms with Gasteiger partial charge in [0.1, 0.15) is 28.9 Å². The Labute approximate surface area is 231 Å². The Hall–Kier alpha value is -4.36. The smallest absolute Gasteiger partial charge is 0.266 e. The van der Waals surface area contributed by atoms with E-state index in [1.807, 2.05) is 36.4 Å². The number of furan rings is 1. The van der Waals surface area contributed by atoms with Crippen LogP contribution in [0.5, 0.6) is 5.75 Å². The highest BCUT2D eigenvalue weighted by atomic mass is 35.5. The monoisotopic (exact) mass is 561 g/mol. The second kappa shape index (κ2) is 12.5. The maximum absolute atomic E-state index is 13.5. The molecule has 10 heteroatoms. The van der Waals surface area contributed by atoms with Crippen LogP contribution in [-0.2, 0) is 27.9 Å². The zero-order valence-corrected chi connectivity index (χ0v) is 22.4. The zero-order valence-electron chi connectivity index (χ0n) is 20.9. The molecule has 198 valence electrons. The van der Waals surface area contributed by atoms with Crippen molar-refractivity contribution in [3.63, 3.8) is 0 Å². The number of rotatable bonds is 10. The summed E-state index contributed by atoms with van der Waals surface area (Å²) in [4.78, 5) is 12.8. The molecule has 0 radical (unpaired) electrons. The van der Waals surface area contributed by atoms with Crippen molar-refractivity contribution in [3.8, 4) is 11.8 Å². The quantitative estimate of drug-likeness (QED) is 0.191. The molecule has 0 saturated carbocycles. The van der Waals surface area contributed by atoms with Crippen LogP contribution in [0.3, 0.4) is 0 Å². The molecule has 4 rings (SSSR count). The minimum atomic E-state index is -3.91. The van der Waals surface area contributed by atoms with Crippen LogP contribution in [-0.4, -0.2) is 25.7 Å². The molecule has 0 saturated heterocycles. The minimum Gasteiger partial charge on any atom is -0.497 e. The fourth-order valence-corrected chi connectivity index (χ4v) is 5.21. The standard InChI is InChI=1S/C29H24ClN3O5S/c1-37-25-9-5-8-24(17-25)32-29(34)22(18-31)16-26-12-13-27(38-26)20-33(19-21-6-3-2-4-7-21)39(35,36)28-14-10-23(30)11-15-28/h2-17H,19-20H2,1H3,(H,32,34)/b22-16-. The summed E-state index contributed by atoms with van der Waals surface area (Å²) in [7, 11) is -2.40. The van der Waals surface area contributed by atoms with E-state index >= 15 is 0 Å². The second-order valence-electron chi connectivity index (χ2n) is 8.37. The molecule has 1 heterocycles. The highest BCUT2D eigenvalue weighted by Gasteiger charge is 2.26. The summed E-state index contributed by atoms with van der Waals surface area (Å²) < 4.78 is 39.3. The van der Waals surface area contributed by atoms with Crippen molar-refractivity contribution in [2.45, 2.75) is 18.0 Å². The lowest BCUT2D eigenvalue weighted by molar-refractivity contribution is -0.112. The summed E-state index contributed by atoms with van der Waals surface area (Å²) in [5, 5.41) is 12.6. The number of benzene rings is 3. The van der Waals surface area contributed by atoms with Crippen molar-refractivity contribution in [2.24, 2.45) is 0 Å². The van der Waals surface area contributed by atoms with Gasteiger partial charge in [-0.3, -0.25) is 4.79 Å². The molecule has 8 nitrogen and oxygen atoms in total. The van der Waals surface area contributed by atoms with E-state index in [0.29, 0.717) is 22.2 Å². The van der Waals surface area contributed by atoms with E-state index in [0.717, 1.165) is 5.56 Å². The lowest BCUT2D eigenvalue weighted by Gasteiger charge is -2.21. The lowest BCUT2D eigenvalue weighted by atomic mass is 10.2. The number of nitrogens with zero attached hydrogens (tertiary/aromatic N) is 2. The molecule has 3 aromatic carbocycles. The van der Waals surface area contributed by atoms with Gasteiger partial charge in [-0.2, -0.15) is 9.57 Å². The molecule has 1 amide bonds. The molecule has 0 fully saturated rings. The molecule has 1 aromatic heterocycles. The predicted octanol–water partition coefficient (Wildman–Crippen LogP) is 5.88. The Balaban J connectivity index is 1.56. The van der Waals surface area contributed by atoms with Crippen molar-refractivity contribution in [3.05, 3.63) is 119 Å². The van der Waals surface area contributed by atoms with Gasteiger partial charge in [-0.1, -0.05) is 48.0 Å². The van der Waals surface area contributed by atoms with Crippen molar-refractivity contribution in [1.82, 2.24) is 4.31 Å². The first kappa shape index (κ1) is 27.7. The van der Waals surface area contributed by atoms with Gasteiger partial charge in [-0.15, -0.1) is 0 Å². The number of nitrogens with one attached hydrogen (secondary N) is 1. The maximum atomic E-state index is 13.5. The van der Waals surface area contributed by atoms with Gasteiger partial charge in [-0.05, 0) is 54.1 Å². The van der Waals surface area contributed by atoms with Crippen LogP contribution in [0, 0.1) is 11.3 Å². The van der Waals surface area contributed by atoms with E-state index in [4.69, 9.17) is 20.8 Å². The molecule has 0 spiro atoms. The van der Waals surface area contributed by atoms with Crippen LogP contribution in [0.4, 0.5) is 5.69 Å². The molecule has 39 heavy (non-hydrogen) atoms. The van der Waals surface area contributed by atoms with Crippen LogP contribution < -0.4 is 10.1 Å². The van der Waals surface area contributed by atoms with Gasteiger partial charge in [-0.25, -0.2) is 8.42 Å². The molecule has 0 aliphatic carbocycles. The first-order valence-corrected chi connectivity index (χ1v) is 13.6. The highest BCUT2D eigenvalue weighted by molar-refractivity contribution is 7.89. The number of ether oxygens (including phenoxy) is 1. The molecule has 0 aliphatic rings. The number of halogens is 1. The van der Waals surface area contributed by atoms with Gasteiger partial charge in [0.15, 0.2) is 0 Å². The maximum Gasteiger partial charge on any atom is 0.266 e. The third-order valence-electron chi connectivity index (χ3n) is 5.65. The average molecular weight is 562 g/mol. The van der Waals surface area contributed by atoms with Crippen molar-refractivity contribution < 1.29 is 22.4 Å². The lowest BCUT2D eigenvalue weighted by Crippen LogP contribution is -2.30. The van der Waals surface area contributed by atoms with E-state index in [1.54, 1.807) is 36.4 Å². The summed E-state index contributed by atoms with van der Waals surface area (Å²) in [6.45, 7) is 0.0235. The Morgan fingerprint density at radius 1 is 1.03 bits per heavy atom. The van der Waals surface area contributed by atoms with Crippen molar-refractivity contribution >= 4 is 39.3 Å². The number of carbonyl (C=O) groups excluding carboxylic acids is 1. The predicted molar refractivity (Wildman–Crippen MR) is 148 cm³/mol. The molecular weight excluding hydrogens is 538 g/mol. The first-order chi connectivity index (χ1) is 18.8. The zero-order chi connectivity index (χ0) is 27.8. The van der Waals surface area contributed by atoms with Crippen LogP contribution in [0.2, 0.25) is 5.02 Å². The highest BCUT2D eigenvalue weighted by Crippen LogP contribution is 2.24. The Kier molecular flexibility index (Phi) is 8.84. The molecule has 4 aromatic rings. The number of methoxy groups -OCH3 is 1. The summed E-state index contributed by atoms with van der Waals surface area (Å²) in [6, 6.07) is 26.9. The van der Waals surface area contributed by atoms with Crippen LogP contribution in [0.15, 0.2) is 106 Å². The molecule has 0 aliphatic heterocycles. The summed E-state index contributed by atoms with van der Waals surface area (Å²) in [5.74, 6) is 0.491. The molecule has 0 atom stereocenters. The van der Waals surface area contributed by atoms with E-state index < -0.39 is 15.9 Å². The summed E-state index contributed by atoms with van der Waals surface area (Å²) >= 11 is 5.95. The number of sulfonamides is 1. The van der Waals surface area contributed by atoms with E-state index in [2.05, 4.69) is 5.32 Å². The second-order valence-corrected chi connectivity index (χ2v) is 10.7. The van der Waals surface area contributed by atoms with Gasteiger partial charge in [0.25, 0.3) is 5.91 Å². The topological polar surface area (TPSA) is 113 Å². The first-order valence-electron chi connectivity index (χ1n) is 11.7. The van der Waals surface area contributed by atoms with E-state index in [-0.39, 0.29) is 29.3 Å². The minimum absolute atomic E-state index is 0.0778. The Morgan fingerprint density at radius 3 is 2.46 bits per heavy atom. The molecule has 1 N–H and O–H groups in total. The summed E-state index contributed by atoms with van der Waals surface area (Å²) in [6.07, 6.45) is 1.30. The van der Waals surface area contributed by atoms with Crippen LogP contribution in [0.1, 0.15) is 17.1 Å². The molecular formula is C29H24ClN3O5S. The number of hydrogen-bond acceptors (Lipinski definition) is 6. The largest absolute Gasteiger partial charge is 0.497 e. The van der Waals surface area contributed by atoms with Gasteiger partial charge < -0.3 is 14.5 Å². The summed E-state index contributed by atoms with van der Waals surface area (Å²) in [5.41, 5.74) is 1.07.